The van der Waals surface area contributed by atoms with Crippen LogP contribution in [0.1, 0.15) is 18.2 Å². The number of ether oxygens (including phenoxy) is 3. The second kappa shape index (κ2) is 8.30. The summed E-state index contributed by atoms with van der Waals surface area (Å²) in [7, 11) is 0. The van der Waals surface area contributed by atoms with Crippen LogP contribution in [0.15, 0.2) is 48.7 Å². The van der Waals surface area contributed by atoms with Gasteiger partial charge in [-0.25, -0.2) is 9.59 Å². The van der Waals surface area contributed by atoms with E-state index in [2.05, 4.69) is 10.3 Å². The van der Waals surface area contributed by atoms with Crippen molar-refractivity contribution in [2.75, 3.05) is 31.7 Å². The van der Waals surface area contributed by atoms with Gasteiger partial charge < -0.3 is 24.5 Å². The number of H-pyrrole nitrogens is 1. The molecule has 0 radical (unpaired) electrons. The number of benzene rings is 2. The Kier molecular flexibility index (Phi) is 5.18. The Hall–Kier alpha value is -3.94. The smallest absolute Gasteiger partial charge is 0.341 e. The number of urea groups is 1. The Labute approximate surface area is 184 Å². The minimum Gasteiger partial charge on any atom is -0.486 e. The van der Waals surface area contributed by atoms with Crippen LogP contribution in [0.25, 0.3) is 16.5 Å². The van der Waals surface area contributed by atoms with Crippen molar-refractivity contribution in [3.05, 3.63) is 59.9 Å². The summed E-state index contributed by atoms with van der Waals surface area (Å²) in [5.74, 6) is 0.771. The monoisotopic (exact) mass is 433 g/mol. The molecule has 1 aromatic heterocycles. The van der Waals surface area contributed by atoms with Crippen LogP contribution in [0.4, 0.5) is 10.5 Å². The number of amides is 2. The Morgan fingerprint density at radius 1 is 1.12 bits per heavy atom. The number of aromatic nitrogens is 1. The van der Waals surface area contributed by atoms with Gasteiger partial charge in [-0.15, -0.1) is 0 Å². The van der Waals surface area contributed by atoms with Gasteiger partial charge in [-0.3, -0.25) is 4.90 Å². The average molecular weight is 433 g/mol. The van der Waals surface area contributed by atoms with Gasteiger partial charge in [0.1, 0.15) is 13.2 Å². The van der Waals surface area contributed by atoms with E-state index in [4.69, 9.17) is 14.2 Å². The summed E-state index contributed by atoms with van der Waals surface area (Å²) in [6.45, 7) is 3.38. The van der Waals surface area contributed by atoms with Crippen LogP contribution in [0.3, 0.4) is 0 Å². The van der Waals surface area contributed by atoms with Gasteiger partial charge in [-0.2, -0.15) is 0 Å². The molecule has 3 heterocycles. The number of para-hydroxylation sites is 1. The first kappa shape index (κ1) is 20.0. The third-order valence-corrected chi connectivity index (χ3v) is 5.52. The van der Waals surface area contributed by atoms with Crippen LogP contribution >= 0.6 is 0 Å². The summed E-state index contributed by atoms with van der Waals surface area (Å²) in [6.07, 6.45) is 2.15. The lowest BCUT2D eigenvalue weighted by atomic mass is 10.0. The van der Waals surface area contributed by atoms with E-state index < -0.39 is 5.97 Å². The van der Waals surface area contributed by atoms with E-state index in [1.807, 2.05) is 24.3 Å². The zero-order valence-corrected chi connectivity index (χ0v) is 17.6. The highest BCUT2D eigenvalue weighted by Gasteiger charge is 2.27. The lowest BCUT2D eigenvalue weighted by Crippen LogP contribution is -2.32. The summed E-state index contributed by atoms with van der Waals surface area (Å²) >= 11 is 0. The summed E-state index contributed by atoms with van der Waals surface area (Å²) < 4.78 is 16.4. The van der Waals surface area contributed by atoms with Gasteiger partial charge in [0.25, 0.3) is 0 Å². The van der Waals surface area contributed by atoms with E-state index >= 15 is 0 Å². The SMILES string of the molecule is CCOC(=O)C1=CN(C(=O)Nc2ccc3c(c2)OCCO3)CCc2c1[nH]c1ccccc21. The van der Waals surface area contributed by atoms with E-state index in [1.54, 1.807) is 31.3 Å². The van der Waals surface area contributed by atoms with Crippen molar-refractivity contribution < 1.29 is 23.8 Å². The topological polar surface area (TPSA) is 92.9 Å². The normalized spacial score (nSPS) is 14.9. The second-order valence-electron chi connectivity index (χ2n) is 7.52. The lowest BCUT2D eigenvalue weighted by molar-refractivity contribution is -0.136. The molecular weight excluding hydrogens is 410 g/mol. The first-order valence-corrected chi connectivity index (χ1v) is 10.6. The molecule has 0 saturated heterocycles. The van der Waals surface area contributed by atoms with Crippen molar-refractivity contribution in [3.63, 3.8) is 0 Å². The number of hydrogen-bond acceptors (Lipinski definition) is 5. The highest BCUT2D eigenvalue weighted by atomic mass is 16.6. The number of carbonyl (C=O) groups excluding carboxylic acids is 2. The molecule has 0 fully saturated rings. The highest BCUT2D eigenvalue weighted by Crippen LogP contribution is 2.34. The molecule has 8 nitrogen and oxygen atoms in total. The van der Waals surface area contributed by atoms with Crippen molar-refractivity contribution in [1.82, 2.24) is 9.88 Å². The Bertz CT molecular complexity index is 1230. The minimum absolute atomic E-state index is 0.245. The number of nitrogens with one attached hydrogen (secondary N) is 2. The third kappa shape index (κ3) is 3.64. The standard InChI is InChI=1S/C24H23N3O5/c1-2-30-23(28)18-14-27(10-9-17-16-5-3-4-6-19(16)26-22(17)18)24(29)25-15-7-8-20-21(13-15)32-12-11-31-20/h3-8,13-14,26H,2,9-12H2,1H3,(H,25,29). The highest BCUT2D eigenvalue weighted by molar-refractivity contribution is 6.18. The van der Waals surface area contributed by atoms with E-state index in [9.17, 15) is 9.59 Å². The Balaban J connectivity index is 1.45. The molecule has 2 amide bonds. The van der Waals surface area contributed by atoms with Crippen molar-refractivity contribution >= 4 is 34.2 Å². The van der Waals surface area contributed by atoms with Crippen molar-refractivity contribution in [2.45, 2.75) is 13.3 Å². The Morgan fingerprint density at radius 3 is 2.78 bits per heavy atom. The number of esters is 1. The van der Waals surface area contributed by atoms with Crippen LogP contribution in [0.5, 0.6) is 11.5 Å². The quantitative estimate of drug-likeness (QED) is 0.611. The maximum Gasteiger partial charge on any atom is 0.341 e. The van der Waals surface area contributed by atoms with Crippen LogP contribution in [0.2, 0.25) is 0 Å². The number of carbonyl (C=O) groups is 2. The van der Waals surface area contributed by atoms with Crippen LogP contribution in [0, 0.1) is 0 Å². The molecule has 2 N–H and O–H groups in total. The molecule has 0 saturated carbocycles. The van der Waals surface area contributed by atoms with Crippen LogP contribution in [-0.2, 0) is 16.0 Å². The molecule has 0 unspecified atom stereocenters. The summed E-state index contributed by atoms with van der Waals surface area (Å²) in [5, 5.41) is 3.92. The molecule has 2 aromatic carbocycles. The fraction of sp³-hybridized carbons (Fsp3) is 0.250. The van der Waals surface area contributed by atoms with Gasteiger partial charge in [-0.1, -0.05) is 18.2 Å². The predicted molar refractivity (Wildman–Crippen MR) is 120 cm³/mol. The molecule has 164 valence electrons. The van der Waals surface area contributed by atoms with Gasteiger partial charge >= 0.3 is 12.0 Å². The molecule has 2 aliphatic heterocycles. The number of aromatic amines is 1. The third-order valence-electron chi connectivity index (χ3n) is 5.52. The molecule has 0 bridgehead atoms. The fourth-order valence-electron chi connectivity index (χ4n) is 4.05. The second-order valence-corrected chi connectivity index (χ2v) is 7.52. The first-order chi connectivity index (χ1) is 15.6. The zero-order valence-electron chi connectivity index (χ0n) is 17.6. The summed E-state index contributed by atoms with van der Waals surface area (Å²) in [6, 6.07) is 12.8. The average Bonchev–Trinajstić information content (AvgIpc) is 3.06. The largest absolute Gasteiger partial charge is 0.486 e. The van der Waals surface area contributed by atoms with E-state index in [-0.39, 0.29) is 12.6 Å². The summed E-state index contributed by atoms with van der Waals surface area (Å²) in [5.41, 5.74) is 3.54. The van der Waals surface area contributed by atoms with Crippen LogP contribution in [-0.4, -0.2) is 48.2 Å². The molecule has 0 aliphatic carbocycles. The van der Waals surface area contributed by atoms with Gasteiger partial charge in [0.15, 0.2) is 11.5 Å². The van der Waals surface area contributed by atoms with Crippen LogP contribution < -0.4 is 14.8 Å². The first-order valence-electron chi connectivity index (χ1n) is 10.6. The van der Waals surface area contributed by atoms with Crippen molar-refractivity contribution in [3.8, 4) is 11.5 Å². The number of hydrogen-bond donors (Lipinski definition) is 2. The number of anilines is 1. The van der Waals surface area contributed by atoms with Gasteiger partial charge in [-0.05, 0) is 37.1 Å². The molecule has 0 atom stereocenters. The summed E-state index contributed by atoms with van der Waals surface area (Å²) in [4.78, 5) is 30.7. The van der Waals surface area contributed by atoms with E-state index in [0.29, 0.717) is 54.6 Å². The van der Waals surface area contributed by atoms with Crippen molar-refractivity contribution in [1.29, 1.82) is 0 Å². The maximum atomic E-state index is 13.1. The molecule has 0 spiro atoms. The molecular formula is C24H23N3O5. The van der Waals surface area contributed by atoms with Crippen molar-refractivity contribution in [2.24, 2.45) is 0 Å². The molecule has 3 aromatic rings. The maximum absolute atomic E-state index is 13.1. The number of fused-ring (bicyclic) bond motifs is 4. The van der Waals surface area contributed by atoms with E-state index in [1.165, 1.54) is 4.90 Å². The fourth-order valence-corrected chi connectivity index (χ4v) is 4.05. The predicted octanol–water partition coefficient (Wildman–Crippen LogP) is 3.93. The molecule has 32 heavy (non-hydrogen) atoms. The van der Waals surface area contributed by atoms with Gasteiger partial charge in [0.2, 0.25) is 0 Å². The van der Waals surface area contributed by atoms with E-state index in [0.717, 1.165) is 16.5 Å². The Morgan fingerprint density at radius 2 is 1.94 bits per heavy atom. The minimum atomic E-state index is -0.473. The molecule has 8 heteroatoms. The van der Waals surface area contributed by atoms with Gasteiger partial charge in [0.05, 0.1) is 17.9 Å². The zero-order chi connectivity index (χ0) is 22.1. The lowest BCUT2D eigenvalue weighted by Gasteiger charge is -2.21. The number of nitrogens with zero attached hydrogens (tertiary/aromatic N) is 1. The van der Waals surface area contributed by atoms with Gasteiger partial charge in [0, 0.05) is 35.4 Å². The molecule has 2 aliphatic rings. The molecule has 5 rings (SSSR count). The number of rotatable bonds is 3.